The average Bonchev–Trinajstić information content (AvgIpc) is 2.40. The minimum absolute atomic E-state index is 0.116. The summed E-state index contributed by atoms with van der Waals surface area (Å²) >= 11 is 1.80. The molecule has 0 aromatic heterocycles. The molecular weight excluding hydrogens is 252 g/mol. The summed E-state index contributed by atoms with van der Waals surface area (Å²) in [5.74, 6) is 1.08. The predicted molar refractivity (Wildman–Crippen MR) is 81.9 cm³/mol. The summed E-state index contributed by atoms with van der Waals surface area (Å²) in [6.07, 6.45) is 0. The van der Waals surface area contributed by atoms with Crippen LogP contribution in [-0.4, -0.2) is 5.78 Å². The Bertz CT molecular complexity index is 585. The van der Waals surface area contributed by atoms with Crippen molar-refractivity contribution in [3.63, 3.8) is 0 Å². The lowest BCUT2D eigenvalue weighted by Crippen LogP contribution is -1.90. The Labute approximate surface area is 119 Å². The van der Waals surface area contributed by atoms with Crippen molar-refractivity contribution in [2.45, 2.75) is 31.4 Å². The second-order valence-corrected chi connectivity index (χ2v) is 5.84. The second-order valence-electron chi connectivity index (χ2n) is 4.79. The third kappa shape index (κ3) is 3.71. The molecule has 0 aliphatic heterocycles. The quantitative estimate of drug-likeness (QED) is 0.586. The van der Waals surface area contributed by atoms with Crippen molar-refractivity contribution in [2.24, 2.45) is 0 Å². The van der Waals surface area contributed by atoms with E-state index in [-0.39, 0.29) is 5.78 Å². The highest BCUT2D eigenvalue weighted by molar-refractivity contribution is 7.98. The van der Waals surface area contributed by atoms with Crippen LogP contribution in [0.25, 0.3) is 0 Å². The second kappa shape index (κ2) is 6.07. The van der Waals surface area contributed by atoms with Crippen LogP contribution in [0.5, 0.6) is 0 Å². The lowest BCUT2D eigenvalue weighted by Gasteiger charge is -2.06. The number of thioether (sulfide) groups is 1. The highest BCUT2D eigenvalue weighted by Crippen LogP contribution is 2.24. The van der Waals surface area contributed by atoms with Gasteiger partial charge in [-0.05, 0) is 49.6 Å². The minimum Gasteiger partial charge on any atom is -0.295 e. The van der Waals surface area contributed by atoms with Gasteiger partial charge in [0.25, 0.3) is 0 Å². The van der Waals surface area contributed by atoms with Crippen LogP contribution >= 0.6 is 11.8 Å². The number of aryl methyl sites for hydroxylation is 2. The van der Waals surface area contributed by atoms with Crippen molar-refractivity contribution in [3.05, 3.63) is 64.7 Å². The molecular formula is C17H18OS. The molecule has 0 aliphatic carbocycles. The van der Waals surface area contributed by atoms with E-state index in [2.05, 4.69) is 32.0 Å². The van der Waals surface area contributed by atoms with E-state index in [0.29, 0.717) is 0 Å². The Morgan fingerprint density at radius 3 is 2.26 bits per heavy atom. The SMILES string of the molecule is CC(=O)c1ccc(SCc2ccc(C)c(C)c2)cc1. The third-order valence-electron chi connectivity index (χ3n) is 3.24. The summed E-state index contributed by atoms with van der Waals surface area (Å²) in [6.45, 7) is 5.87. The topological polar surface area (TPSA) is 17.1 Å². The first-order valence-corrected chi connectivity index (χ1v) is 7.35. The first kappa shape index (κ1) is 13.9. The van der Waals surface area contributed by atoms with Gasteiger partial charge in [0.15, 0.2) is 5.78 Å². The highest BCUT2D eigenvalue weighted by Gasteiger charge is 2.01. The Morgan fingerprint density at radius 2 is 1.68 bits per heavy atom. The molecule has 0 radical (unpaired) electrons. The maximum atomic E-state index is 11.2. The van der Waals surface area contributed by atoms with Crippen molar-refractivity contribution < 1.29 is 4.79 Å². The van der Waals surface area contributed by atoms with Crippen LogP contribution in [0.2, 0.25) is 0 Å². The summed E-state index contributed by atoms with van der Waals surface area (Å²) in [5, 5.41) is 0. The molecule has 1 nitrogen and oxygen atoms in total. The van der Waals surface area contributed by atoms with Gasteiger partial charge in [-0.15, -0.1) is 11.8 Å². The van der Waals surface area contributed by atoms with Crippen LogP contribution in [0.1, 0.15) is 34.0 Å². The molecule has 19 heavy (non-hydrogen) atoms. The zero-order chi connectivity index (χ0) is 13.8. The number of hydrogen-bond donors (Lipinski definition) is 0. The molecule has 0 aliphatic rings. The lowest BCUT2D eigenvalue weighted by molar-refractivity contribution is 0.101. The first-order chi connectivity index (χ1) is 9.06. The fraction of sp³-hybridized carbons (Fsp3) is 0.235. The largest absolute Gasteiger partial charge is 0.295 e. The summed E-state index contributed by atoms with van der Waals surface area (Å²) in [6, 6.07) is 14.4. The van der Waals surface area contributed by atoms with E-state index >= 15 is 0 Å². The average molecular weight is 270 g/mol. The number of rotatable bonds is 4. The van der Waals surface area contributed by atoms with Gasteiger partial charge in [0.2, 0.25) is 0 Å². The van der Waals surface area contributed by atoms with E-state index in [4.69, 9.17) is 0 Å². The van der Waals surface area contributed by atoms with Crippen LogP contribution in [0.3, 0.4) is 0 Å². The molecule has 0 heterocycles. The van der Waals surface area contributed by atoms with Crippen LogP contribution in [0.4, 0.5) is 0 Å². The van der Waals surface area contributed by atoms with Crippen molar-refractivity contribution in [1.29, 1.82) is 0 Å². The molecule has 0 N–H and O–H groups in total. The molecule has 0 amide bonds. The molecule has 0 spiro atoms. The van der Waals surface area contributed by atoms with Gasteiger partial charge in [-0.3, -0.25) is 4.79 Å². The molecule has 2 aromatic carbocycles. The third-order valence-corrected chi connectivity index (χ3v) is 4.32. The fourth-order valence-electron chi connectivity index (χ4n) is 1.85. The Hall–Kier alpha value is -1.54. The van der Waals surface area contributed by atoms with Gasteiger partial charge in [-0.25, -0.2) is 0 Å². The van der Waals surface area contributed by atoms with E-state index in [0.717, 1.165) is 11.3 Å². The monoisotopic (exact) mass is 270 g/mol. The molecule has 0 saturated carbocycles. The molecule has 0 bridgehead atoms. The van der Waals surface area contributed by atoms with Gasteiger partial charge >= 0.3 is 0 Å². The number of ketones is 1. The number of carbonyl (C=O) groups excluding carboxylic acids is 1. The number of Topliss-reactive ketones (excluding diaryl/α,β-unsaturated/α-hetero) is 1. The Kier molecular flexibility index (Phi) is 4.43. The molecule has 98 valence electrons. The maximum Gasteiger partial charge on any atom is 0.159 e. The minimum atomic E-state index is 0.116. The van der Waals surface area contributed by atoms with E-state index in [1.165, 1.54) is 21.6 Å². The lowest BCUT2D eigenvalue weighted by atomic mass is 10.1. The van der Waals surface area contributed by atoms with Gasteiger partial charge in [-0.2, -0.15) is 0 Å². The van der Waals surface area contributed by atoms with E-state index in [9.17, 15) is 4.79 Å². The molecule has 2 heteroatoms. The molecule has 0 unspecified atom stereocenters. The Balaban J connectivity index is 2.01. The molecule has 0 fully saturated rings. The molecule has 2 aromatic rings. The zero-order valence-electron chi connectivity index (χ0n) is 11.6. The zero-order valence-corrected chi connectivity index (χ0v) is 12.4. The van der Waals surface area contributed by atoms with Crippen LogP contribution < -0.4 is 0 Å². The highest BCUT2D eigenvalue weighted by atomic mass is 32.2. The molecule has 2 rings (SSSR count). The van der Waals surface area contributed by atoms with Crippen LogP contribution in [0.15, 0.2) is 47.4 Å². The maximum absolute atomic E-state index is 11.2. The van der Waals surface area contributed by atoms with Crippen LogP contribution in [-0.2, 0) is 5.75 Å². The summed E-state index contributed by atoms with van der Waals surface area (Å²) in [4.78, 5) is 12.4. The van der Waals surface area contributed by atoms with Crippen molar-refractivity contribution in [2.75, 3.05) is 0 Å². The van der Waals surface area contributed by atoms with Crippen molar-refractivity contribution in [3.8, 4) is 0 Å². The van der Waals surface area contributed by atoms with Crippen LogP contribution in [0, 0.1) is 13.8 Å². The standard InChI is InChI=1S/C17H18OS/c1-12-4-5-15(10-13(12)2)11-19-17-8-6-16(7-9-17)14(3)18/h4-10H,11H2,1-3H3. The van der Waals surface area contributed by atoms with Gasteiger partial charge in [0.1, 0.15) is 0 Å². The van der Waals surface area contributed by atoms with Gasteiger partial charge in [0.05, 0.1) is 0 Å². The summed E-state index contributed by atoms with van der Waals surface area (Å²) in [7, 11) is 0. The molecule has 0 saturated heterocycles. The smallest absolute Gasteiger partial charge is 0.159 e. The van der Waals surface area contributed by atoms with Crippen molar-refractivity contribution >= 4 is 17.5 Å². The van der Waals surface area contributed by atoms with Gasteiger partial charge in [0, 0.05) is 16.2 Å². The fourth-order valence-corrected chi connectivity index (χ4v) is 2.69. The van der Waals surface area contributed by atoms with E-state index < -0.39 is 0 Å². The number of carbonyl (C=O) groups is 1. The van der Waals surface area contributed by atoms with Gasteiger partial charge in [-0.1, -0.05) is 30.3 Å². The predicted octanol–water partition coefficient (Wildman–Crippen LogP) is 4.80. The Morgan fingerprint density at radius 1 is 1.00 bits per heavy atom. The van der Waals surface area contributed by atoms with Gasteiger partial charge < -0.3 is 0 Å². The van der Waals surface area contributed by atoms with E-state index in [1.807, 2.05) is 24.3 Å². The first-order valence-electron chi connectivity index (χ1n) is 6.36. The summed E-state index contributed by atoms with van der Waals surface area (Å²) in [5.41, 5.74) is 4.78. The summed E-state index contributed by atoms with van der Waals surface area (Å²) < 4.78 is 0. The number of hydrogen-bond acceptors (Lipinski definition) is 2. The van der Waals surface area contributed by atoms with E-state index in [1.54, 1.807) is 18.7 Å². The number of benzene rings is 2. The molecule has 0 atom stereocenters. The van der Waals surface area contributed by atoms with Crippen molar-refractivity contribution in [1.82, 2.24) is 0 Å². The normalized spacial score (nSPS) is 10.5.